The molecule has 1 fully saturated rings. The van der Waals surface area contributed by atoms with Crippen molar-refractivity contribution in [2.24, 2.45) is 5.92 Å². The molecule has 0 saturated carbocycles. The lowest BCUT2D eigenvalue weighted by Crippen LogP contribution is -2.49. The van der Waals surface area contributed by atoms with Crippen molar-refractivity contribution >= 4 is 33.4 Å². The molecule has 0 atom stereocenters. The lowest BCUT2D eigenvalue weighted by molar-refractivity contribution is 0.0895. The molecule has 0 spiro atoms. The number of aromatic nitrogens is 3. The molecule has 1 aliphatic rings. The van der Waals surface area contributed by atoms with Gasteiger partial charge in [0.25, 0.3) is 5.91 Å². The van der Waals surface area contributed by atoms with Crippen molar-refractivity contribution in [1.29, 1.82) is 0 Å². The van der Waals surface area contributed by atoms with Crippen molar-refractivity contribution in [3.8, 4) is 11.1 Å². The molecule has 0 radical (unpaired) electrons. The number of hydrogen-bond donors (Lipinski definition) is 3. The number of carbonyl (C=O) groups excluding carboxylic acids is 1. The number of aromatic amines is 1. The van der Waals surface area contributed by atoms with E-state index in [0.29, 0.717) is 24.0 Å². The van der Waals surface area contributed by atoms with Crippen LogP contribution in [0.25, 0.3) is 32.8 Å². The van der Waals surface area contributed by atoms with Crippen LogP contribution in [-0.2, 0) is 0 Å². The molecule has 2 aromatic heterocycles. The fourth-order valence-corrected chi connectivity index (χ4v) is 4.02. The molecule has 1 saturated heterocycles. The molecule has 4 aromatic rings. The largest absolute Gasteiger partial charge is 0.383 e. The molecule has 2 aromatic carbocycles. The Morgan fingerprint density at radius 3 is 2.72 bits per heavy atom. The first-order valence-corrected chi connectivity index (χ1v) is 9.68. The maximum Gasteiger partial charge on any atom is 0.272 e. The summed E-state index contributed by atoms with van der Waals surface area (Å²) in [7, 11) is 2.08. The highest BCUT2D eigenvalue weighted by Crippen LogP contribution is 2.29. The van der Waals surface area contributed by atoms with Crippen molar-refractivity contribution < 1.29 is 4.79 Å². The second-order valence-electron chi connectivity index (χ2n) is 7.76. The lowest BCUT2D eigenvalue weighted by atomic mass is 10.00. The first-order valence-electron chi connectivity index (χ1n) is 9.68. The van der Waals surface area contributed by atoms with E-state index < -0.39 is 0 Å². The molecule has 4 N–H and O–H groups in total. The van der Waals surface area contributed by atoms with Gasteiger partial charge in [-0.2, -0.15) is 5.10 Å². The number of nitrogen functional groups attached to an aromatic ring is 1. The van der Waals surface area contributed by atoms with Gasteiger partial charge < -0.3 is 16.0 Å². The summed E-state index contributed by atoms with van der Waals surface area (Å²) < 4.78 is 0. The Labute approximate surface area is 167 Å². The van der Waals surface area contributed by atoms with E-state index in [9.17, 15) is 4.79 Å². The molecule has 0 unspecified atom stereocenters. The summed E-state index contributed by atoms with van der Waals surface area (Å²) in [6.45, 7) is 2.71. The molecule has 7 nitrogen and oxygen atoms in total. The summed E-state index contributed by atoms with van der Waals surface area (Å²) in [5.74, 6) is 0.881. The molecule has 3 heterocycles. The van der Waals surface area contributed by atoms with Crippen LogP contribution in [-0.4, -0.2) is 52.7 Å². The minimum Gasteiger partial charge on any atom is -0.383 e. The first-order chi connectivity index (χ1) is 14.1. The van der Waals surface area contributed by atoms with Crippen LogP contribution in [0.2, 0.25) is 0 Å². The fraction of sp³-hybridized carbons (Fsp3) is 0.227. The summed E-state index contributed by atoms with van der Waals surface area (Å²) in [5.41, 5.74) is 9.32. The Hall–Kier alpha value is -3.45. The third-order valence-corrected chi connectivity index (χ3v) is 5.60. The molecule has 0 bridgehead atoms. The number of pyridine rings is 1. The monoisotopic (exact) mass is 386 g/mol. The number of nitrogens with one attached hydrogen (secondary N) is 2. The summed E-state index contributed by atoms with van der Waals surface area (Å²) >= 11 is 0. The summed E-state index contributed by atoms with van der Waals surface area (Å²) in [6.07, 6.45) is 1.71. The van der Waals surface area contributed by atoms with Gasteiger partial charge >= 0.3 is 0 Å². The zero-order valence-electron chi connectivity index (χ0n) is 16.1. The molecule has 1 amide bonds. The Morgan fingerprint density at radius 1 is 1.17 bits per heavy atom. The standard InChI is InChI=1S/C22H22N6O/c1-28-11-13(12-28)10-25-22(29)20-18-9-16(4-5-19(18)26-27-20)15-3-2-14-6-7-24-21(23)17(14)8-15/h2-9,13H,10-12H2,1H3,(H2,23,24)(H,25,29)(H,26,27). The second-order valence-corrected chi connectivity index (χ2v) is 7.76. The lowest BCUT2D eigenvalue weighted by Gasteiger charge is -2.36. The molecular formula is C22H22N6O. The van der Waals surface area contributed by atoms with Gasteiger partial charge in [0.2, 0.25) is 0 Å². The first kappa shape index (κ1) is 17.6. The fourth-order valence-electron chi connectivity index (χ4n) is 4.02. The van der Waals surface area contributed by atoms with Gasteiger partial charge in [-0.15, -0.1) is 0 Å². The highest BCUT2D eigenvalue weighted by molar-refractivity contribution is 6.06. The van der Waals surface area contributed by atoms with E-state index in [1.165, 1.54) is 0 Å². The van der Waals surface area contributed by atoms with Gasteiger partial charge in [-0.05, 0) is 47.8 Å². The molecule has 5 rings (SSSR count). The molecular weight excluding hydrogens is 364 g/mol. The van der Waals surface area contributed by atoms with Crippen LogP contribution in [0.1, 0.15) is 10.5 Å². The van der Waals surface area contributed by atoms with E-state index in [4.69, 9.17) is 5.73 Å². The van der Waals surface area contributed by atoms with E-state index in [0.717, 1.165) is 45.9 Å². The number of amides is 1. The SMILES string of the molecule is CN1CC(CNC(=O)c2n[nH]c3ccc(-c4ccc5ccnc(N)c5c4)cc23)C1. The van der Waals surface area contributed by atoms with Crippen molar-refractivity contribution in [3.63, 3.8) is 0 Å². The molecule has 29 heavy (non-hydrogen) atoms. The van der Waals surface area contributed by atoms with E-state index in [-0.39, 0.29) is 5.91 Å². The number of likely N-dealkylation sites (tertiary alicyclic amines) is 1. The van der Waals surface area contributed by atoms with Gasteiger partial charge in [0.05, 0.1) is 5.52 Å². The summed E-state index contributed by atoms with van der Waals surface area (Å²) in [4.78, 5) is 19.1. The topological polar surface area (TPSA) is 99.9 Å². The van der Waals surface area contributed by atoms with E-state index >= 15 is 0 Å². The molecule has 0 aliphatic carbocycles. The number of rotatable bonds is 4. The molecule has 146 valence electrons. The Morgan fingerprint density at radius 2 is 1.93 bits per heavy atom. The second kappa shape index (κ2) is 6.86. The smallest absolute Gasteiger partial charge is 0.272 e. The number of benzene rings is 2. The maximum absolute atomic E-state index is 12.7. The predicted octanol–water partition coefficient (Wildman–Crippen LogP) is 2.65. The number of H-pyrrole nitrogens is 1. The van der Waals surface area contributed by atoms with E-state index in [1.54, 1.807) is 6.20 Å². The van der Waals surface area contributed by atoms with Crippen LogP contribution in [0, 0.1) is 5.92 Å². The summed E-state index contributed by atoms with van der Waals surface area (Å²) in [5, 5.41) is 13.0. The number of nitrogens with zero attached hydrogens (tertiary/aromatic N) is 3. The zero-order valence-corrected chi connectivity index (χ0v) is 16.1. The van der Waals surface area contributed by atoms with Crippen molar-refractivity contribution in [2.75, 3.05) is 32.4 Å². The third-order valence-electron chi connectivity index (χ3n) is 5.60. The van der Waals surface area contributed by atoms with Crippen LogP contribution in [0.5, 0.6) is 0 Å². The van der Waals surface area contributed by atoms with Crippen LogP contribution < -0.4 is 11.1 Å². The van der Waals surface area contributed by atoms with Crippen LogP contribution >= 0.6 is 0 Å². The minimum atomic E-state index is -0.144. The number of carbonyl (C=O) groups is 1. The Balaban J connectivity index is 1.46. The van der Waals surface area contributed by atoms with Gasteiger partial charge in [-0.1, -0.05) is 18.2 Å². The average Bonchev–Trinajstić information content (AvgIpc) is 3.13. The predicted molar refractivity (Wildman–Crippen MR) is 115 cm³/mol. The number of fused-ring (bicyclic) bond motifs is 2. The van der Waals surface area contributed by atoms with Gasteiger partial charge in [-0.3, -0.25) is 9.89 Å². The van der Waals surface area contributed by atoms with Gasteiger partial charge in [0, 0.05) is 42.5 Å². The van der Waals surface area contributed by atoms with Crippen LogP contribution in [0.4, 0.5) is 5.82 Å². The highest BCUT2D eigenvalue weighted by atomic mass is 16.1. The highest BCUT2D eigenvalue weighted by Gasteiger charge is 2.24. The van der Waals surface area contributed by atoms with E-state index in [1.807, 2.05) is 36.4 Å². The zero-order chi connectivity index (χ0) is 20.0. The van der Waals surface area contributed by atoms with Crippen LogP contribution in [0.3, 0.4) is 0 Å². The van der Waals surface area contributed by atoms with Gasteiger partial charge in [0.15, 0.2) is 5.69 Å². The number of hydrogen-bond acceptors (Lipinski definition) is 5. The van der Waals surface area contributed by atoms with Crippen LogP contribution in [0.15, 0.2) is 48.7 Å². The Bertz CT molecular complexity index is 1220. The van der Waals surface area contributed by atoms with Crippen molar-refractivity contribution in [2.45, 2.75) is 0 Å². The normalized spacial score (nSPS) is 14.9. The third kappa shape index (κ3) is 3.19. The van der Waals surface area contributed by atoms with Crippen molar-refractivity contribution in [3.05, 3.63) is 54.4 Å². The average molecular weight is 386 g/mol. The molecule has 1 aliphatic heterocycles. The Kier molecular flexibility index (Phi) is 4.17. The van der Waals surface area contributed by atoms with Gasteiger partial charge in [0.1, 0.15) is 5.82 Å². The maximum atomic E-state index is 12.7. The molecule has 7 heteroatoms. The number of anilines is 1. The van der Waals surface area contributed by atoms with Gasteiger partial charge in [-0.25, -0.2) is 4.98 Å². The minimum absolute atomic E-state index is 0.144. The van der Waals surface area contributed by atoms with Crippen molar-refractivity contribution in [1.82, 2.24) is 25.4 Å². The van der Waals surface area contributed by atoms with E-state index in [2.05, 4.69) is 38.5 Å². The number of nitrogens with two attached hydrogens (primary N) is 1. The quantitative estimate of drug-likeness (QED) is 0.501. The summed E-state index contributed by atoms with van der Waals surface area (Å²) in [6, 6.07) is 14.0.